The minimum Gasteiger partial charge on any atom is -0.370 e. The van der Waals surface area contributed by atoms with Crippen molar-refractivity contribution < 1.29 is 0 Å². The molecule has 4 heteroatoms. The Labute approximate surface area is 100 Å². The van der Waals surface area contributed by atoms with Crippen LogP contribution in [0.15, 0.2) is 4.99 Å². The van der Waals surface area contributed by atoms with Crippen molar-refractivity contribution in [2.24, 2.45) is 10.7 Å². The second kappa shape index (κ2) is 10.7. The van der Waals surface area contributed by atoms with Gasteiger partial charge in [0.15, 0.2) is 5.96 Å². The Hall–Kier alpha value is -0.770. The first-order valence-electron chi connectivity index (χ1n) is 6.43. The largest absolute Gasteiger partial charge is 0.370 e. The van der Waals surface area contributed by atoms with E-state index in [0.717, 1.165) is 32.6 Å². The fraction of sp³-hybridized carbons (Fsp3) is 0.917. The summed E-state index contributed by atoms with van der Waals surface area (Å²) in [5.41, 5.74) is 5.74. The zero-order valence-electron chi connectivity index (χ0n) is 11.1. The molecule has 3 N–H and O–H groups in total. The highest BCUT2D eigenvalue weighted by atomic mass is 15.1. The molecule has 0 aromatic carbocycles. The molecule has 0 bridgehead atoms. The Kier molecular flexibility index (Phi) is 10.2. The standard InChI is InChI=1S/C12H28N4/c1-4-6-7-8-9-14-12(13)15-10-11-16(3)5-2/h4-11H2,1-3H3,(H3,13,14,15). The van der Waals surface area contributed by atoms with E-state index in [1.165, 1.54) is 19.3 Å². The molecular weight excluding hydrogens is 200 g/mol. The van der Waals surface area contributed by atoms with Gasteiger partial charge >= 0.3 is 0 Å². The highest BCUT2D eigenvalue weighted by molar-refractivity contribution is 5.77. The lowest BCUT2D eigenvalue weighted by atomic mass is 10.2. The smallest absolute Gasteiger partial charge is 0.188 e. The van der Waals surface area contributed by atoms with Crippen LogP contribution in [0.3, 0.4) is 0 Å². The first kappa shape index (κ1) is 15.2. The van der Waals surface area contributed by atoms with Crippen LogP contribution in [0.4, 0.5) is 0 Å². The molecular formula is C12H28N4. The first-order chi connectivity index (χ1) is 7.70. The van der Waals surface area contributed by atoms with Crippen molar-refractivity contribution >= 4 is 5.96 Å². The normalized spacial score (nSPS) is 12.1. The first-order valence-corrected chi connectivity index (χ1v) is 6.43. The summed E-state index contributed by atoms with van der Waals surface area (Å²) < 4.78 is 0. The molecule has 0 aliphatic rings. The van der Waals surface area contributed by atoms with E-state index in [1.807, 2.05) is 0 Å². The third-order valence-corrected chi connectivity index (χ3v) is 2.63. The van der Waals surface area contributed by atoms with Crippen molar-refractivity contribution in [1.82, 2.24) is 10.2 Å². The van der Waals surface area contributed by atoms with Crippen molar-refractivity contribution in [1.29, 1.82) is 0 Å². The Morgan fingerprint density at radius 3 is 2.62 bits per heavy atom. The highest BCUT2D eigenvalue weighted by Crippen LogP contribution is 1.98. The molecule has 0 rings (SSSR count). The average Bonchev–Trinajstić information content (AvgIpc) is 2.28. The Bertz CT molecular complexity index is 180. The topological polar surface area (TPSA) is 53.6 Å². The molecule has 0 spiro atoms. The quantitative estimate of drug-likeness (QED) is 0.356. The molecule has 0 amide bonds. The van der Waals surface area contributed by atoms with Gasteiger partial charge in [-0.25, -0.2) is 0 Å². The maximum absolute atomic E-state index is 5.74. The van der Waals surface area contributed by atoms with Crippen LogP contribution in [0.1, 0.15) is 39.5 Å². The van der Waals surface area contributed by atoms with Gasteiger partial charge in [0, 0.05) is 19.6 Å². The number of likely N-dealkylation sites (N-methyl/N-ethyl adjacent to an activating group) is 1. The number of unbranched alkanes of at least 4 members (excludes halogenated alkanes) is 3. The summed E-state index contributed by atoms with van der Waals surface area (Å²) in [4.78, 5) is 6.52. The lowest BCUT2D eigenvalue weighted by Crippen LogP contribution is -2.37. The summed E-state index contributed by atoms with van der Waals surface area (Å²) in [7, 11) is 2.10. The fourth-order valence-corrected chi connectivity index (χ4v) is 1.33. The second-order valence-corrected chi connectivity index (χ2v) is 4.15. The van der Waals surface area contributed by atoms with E-state index in [0.29, 0.717) is 5.96 Å². The lowest BCUT2D eigenvalue weighted by Gasteiger charge is -2.14. The maximum atomic E-state index is 5.74. The predicted octanol–water partition coefficient (Wildman–Crippen LogP) is 1.42. The van der Waals surface area contributed by atoms with Crippen molar-refractivity contribution in [3.05, 3.63) is 0 Å². The Morgan fingerprint density at radius 2 is 2.00 bits per heavy atom. The van der Waals surface area contributed by atoms with Gasteiger partial charge in [0.25, 0.3) is 0 Å². The molecule has 0 aliphatic heterocycles. The monoisotopic (exact) mass is 228 g/mol. The number of aliphatic imine (C=N–C) groups is 1. The van der Waals surface area contributed by atoms with E-state index in [4.69, 9.17) is 5.73 Å². The van der Waals surface area contributed by atoms with Crippen LogP contribution in [0.25, 0.3) is 0 Å². The molecule has 0 heterocycles. The third-order valence-electron chi connectivity index (χ3n) is 2.63. The molecule has 0 saturated heterocycles. The van der Waals surface area contributed by atoms with Gasteiger partial charge in [0.1, 0.15) is 0 Å². The highest BCUT2D eigenvalue weighted by Gasteiger charge is 1.94. The van der Waals surface area contributed by atoms with E-state index in [9.17, 15) is 0 Å². The lowest BCUT2D eigenvalue weighted by molar-refractivity contribution is 0.357. The molecule has 0 atom stereocenters. The van der Waals surface area contributed by atoms with Crippen LogP contribution >= 0.6 is 0 Å². The predicted molar refractivity (Wildman–Crippen MR) is 71.8 cm³/mol. The number of hydrogen-bond acceptors (Lipinski definition) is 2. The molecule has 0 aromatic heterocycles. The van der Waals surface area contributed by atoms with E-state index < -0.39 is 0 Å². The minimum absolute atomic E-state index is 0.584. The van der Waals surface area contributed by atoms with Crippen LogP contribution in [0, 0.1) is 0 Å². The van der Waals surface area contributed by atoms with Gasteiger partial charge < -0.3 is 16.0 Å². The number of guanidine groups is 1. The van der Waals surface area contributed by atoms with Crippen LogP contribution in [0.2, 0.25) is 0 Å². The van der Waals surface area contributed by atoms with Crippen molar-refractivity contribution in [2.75, 3.05) is 33.2 Å². The second-order valence-electron chi connectivity index (χ2n) is 4.15. The zero-order valence-corrected chi connectivity index (χ0v) is 11.1. The zero-order chi connectivity index (χ0) is 12.2. The fourth-order valence-electron chi connectivity index (χ4n) is 1.33. The molecule has 0 aliphatic carbocycles. The van der Waals surface area contributed by atoms with Crippen molar-refractivity contribution in [3.63, 3.8) is 0 Å². The van der Waals surface area contributed by atoms with Crippen LogP contribution < -0.4 is 11.1 Å². The van der Waals surface area contributed by atoms with Gasteiger partial charge in [0.2, 0.25) is 0 Å². The van der Waals surface area contributed by atoms with Crippen molar-refractivity contribution in [3.8, 4) is 0 Å². The summed E-state index contributed by atoms with van der Waals surface area (Å²) in [6, 6.07) is 0. The summed E-state index contributed by atoms with van der Waals surface area (Å²) in [6.45, 7) is 8.14. The Balaban J connectivity index is 3.40. The van der Waals surface area contributed by atoms with Gasteiger partial charge in [-0.05, 0) is 20.0 Å². The van der Waals surface area contributed by atoms with Crippen LogP contribution in [-0.2, 0) is 0 Å². The van der Waals surface area contributed by atoms with E-state index >= 15 is 0 Å². The Morgan fingerprint density at radius 1 is 1.25 bits per heavy atom. The third kappa shape index (κ3) is 9.77. The summed E-state index contributed by atoms with van der Waals surface area (Å²) in [5, 5.41) is 3.12. The van der Waals surface area contributed by atoms with Gasteiger partial charge in [-0.15, -0.1) is 0 Å². The number of nitrogens with one attached hydrogen (secondary N) is 1. The van der Waals surface area contributed by atoms with E-state index in [-0.39, 0.29) is 0 Å². The minimum atomic E-state index is 0.584. The van der Waals surface area contributed by atoms with E-state index in [2.05, 4.69) is 36.1 Å². The van der Waals surface area contributed by atoms with Gasteiger partial charge in [0.05, 0.1) is 0 Å². The number of nitrogens with zero attached hydrogens (tertiary/aromatic N) is 2. The van der Waals surface area contributed by atoms with E-state index in [1.54, 1.807) is 0 Å². The molecule has 16 heavy (non-hydrogen) atoms. The number of nitrogens with two attached hydrogens (primary N) is 1. The number of hydrogen-bond donors (Lipinski definition) is 2. The molecule has 0 unspecified atom stereocenters. The average molecular weight is 228 g/mol. The summed E-state index contributed by atoms with van der Waals surface area (Å²) in [6.07, 6.45) is 4.96. The number of rotatable bonds is 9. The molecule has 0 radical (unpaired) electrons. The summed E-state index contributed by atoms with van der Waals surface area (Å²) >= 11 is 0. The summed E-state index contributed by atoms with van der Waals surface area (Å²) in [5.74, 6) is 0.584. The maximum Gasteiger partial charge on any atom is 0.188 e. The van der Waals surface area contributed by atoms with Crippen LogP contribution in [0.5, 0.6) is 0 Å². The van der Waals surface area contributed by atoms with Gasteiger partial charge in [-0.1, -0.05) is 33.1 Å². The molecule has 96 valence electrons. The van der Waals surface area contributed by atoms with Gasteiger partial charge in [-0.3, -0.25) is 4.99 Å². The molecule has 0 saturated carbocycles. The van der Waals surface area contributed by atoms with Crippen LogP contribution in [-0.4, -0.2) is 44.1 Å². The molecule has 4 nitrogen and oxygen atoms in total. The SMILES string of the molecule is CCCCCCN=C(N)NCCN(C)CC. The molecule has 0 aromatic rings. The van der Waals surface area contributed by atoms with Crippen molar-refractivity contribution in [2.45, 2.75) is 39.5 Å². The molecule has 0 fully saturated rings. The van der Waals surface area contributed by atoms with Gasteiger partial charge in [-0.2, -0.15) is 0 Å².